The zero-order valence-corrected chi connectivity index (χ0v) is 21.0. The fourth-order valence-electron chi connectivity index (χ4n) is 5.38. The molecule has 1 saturated carbocycles. The molecule has 0 radical (unpaired) electrons. The minimum absolute atomic E-state index is 0.0898. The minimum atomic E-state index is -0.0898. The average Bonchev–Trinajstić information content (AvgIpc) is 3.23. The summed E-state index contributed by atoms with van der Waals surface area (Å²) in [7, 11) is 0. The lowest BCUT2D eigenvalue weighted by Gasteiger charge is -2.38. The number of nitrogens with one attached hydrogen (secondary N) is 2. The summed E-state index contributed by atoms with van der Waals surface area (Å²) in [5, 5.41) is 7.11. The van der Waals surface area contributed by atoms with Gasteiger partial charge in [0.1, 0.15) is 0 Å². The van der Waals surface area contributed by atoms with Crippen LogP contribution < -0.4 is 10.6 Å². The summed E-state index contributed by atoms with van der Waals surface area (Å²) in [6, 6.07) is 17.1. The van der Waals surface area contributed by atoms with Crippen molar-refractivity contribution in [3.05, 3.63) is 64.7 Å². The van der Waals surface area contributed by atoms with E-state index < -0.39 is 0 Å². The van der Waals surface area contributed by atoms with Gasteiger partial charge in [-0.25, -0.2) is 4.79 Å². The van der Waals surface area contributed by atoms with E-state index in [0.29, 0.717) is 6.04 Å². The molecule has 2 aromatic carbocycles. The number of carbonyl (C=O) groups excluding carboxylic acids is 1. The molecule has 2 unspecified atom stereocenters. The second-order valence-corrected chi connectivity index (χ2v) is 11.3. The van der Waals surface area contributed by atoms with Crippen LogP contribution in [0.3, 0.4) is 0 Å². The van der Waals surface area contributed by atoms with Crippen molar-refractivity contribution in [3.8, 4) is 0 Å². The van der Waals surface area contributed by atoms with Crippen LogP contribution >= 0.6 is 11.6 Å². The van der Waals surface area contributed by atoms with E-state index in [1.165, 1.54) is 36.8 Å². The predicted octanol–water partition coefficient (Wildman–Crippen LogP) is 6.63. The van der Waals surface area contributed by atoms with Crippen LogP contribution in [-0.2, 0) is 11.8 Å². The van der Waals surface area contributed by atoms with Crippen molar-refractivity contribution in [1.29, 1.82) is 0 Å². The van der Waals surface area contributed by atoms with E-state index in [0.717, 1.165) is 42.6 Å². The van der Waals surface area contributed by atoms with Gasteiger partial charge in [-0.15, -0.1) is 0 Å². The molecule has 0 aromatic heterocycles. The molecule has 2 aliphatic rings. The SMILES string of the molecule is CC(C)(C)c1ccc(NC(=O)NC2CCCC2N2CCC(Cc3ccc(Cl)cc3)CC2)cc1. The Morgan fingerprint density at radius 3 is 2.27 bits per heavy atom. The summed E-state index contributed by atoms with van der Waals surface area (Å²) in [4.78, 5) is 15.3. The van der Waals surface area contributed by atoms with E-state index in [9.17, 15) is 4.79 Å². The first-order valence-electron chi connectivity index (χ1n) is 12.4. The van der Waals surface area contributed by atoms with Gasteiger partial charge >= 0.3 is 6.03 Å². The van der Waals surface area contributed by atoms with E-state index in [1.807, 2.05) is 24.3 Å². The standard InChI is InChI=1S/C28H38ClN3O/c1-28(2,3)22-9-13-24(14-10-22)30-27(33)31-25-5-4-6-26(25)32-17-15-21(16-18-32)19-20-7-11-23(29)12-8-20/h7-14,21,25-26H,4-6,15-19H2,1-3H3,(H2,30,31,33). The summed E-state index contributed by atoms with van der Waals surface area (Å²) in [5.41, 5.74) is 3.60. The normalized spacial score (nSPS) is 22.3. The molecule has 2 atom stereocenters. The molecule has 2 amide bonds. The van der Waals surface area contributed by atoms with Crippen molar-refractivity contribution in [1.82, 2.24) is 10.2 Å². The fourth-order valence-corrected chi connectivity index (χ4v) is 5.50. The van der Waals surface area contributed by atoms with Crippen molar-refractivity contribution in [2.24, 2.45) is 5.92 Å². The topological polar surface area (TPSA) is 44.4 Å². The Hall–Kier alpha value is -2.04. The molecule has 178 valence electrons. The number of carbonyl (C=O) groups is 1. The van der Waals surface area contributed by atoms with Gasteiger partial charge in [-0.1, -0.05) is 56.6 Å². The van der Waals surface area contributed by atoms with Crippen LogP contribution in [0.1, 0.15) is 64.0 Å². The lowest BCUT2D eigenvalue weighted by molar-refractivity contribution is 0.119. The van der Waals surface area contributed by atoms with Crippen LogP contribution in [0.4, 0.5) is 10.5 Å². The van der Waals surface area contributed by atoms with Gasteiger partial charge in [0, 0.05) is 22.8 Å². The van der Waals surface area contributed by atoms with E-state index in [-0.39, 0.29) is 17.5 Å². The van der Waals surface area contributed by atoms with Crippen molar-refractivity contribution in [3.63, 3.8) is 0 Å². The number of hydrogen-bond acceptors (Lipinski definition) is 2. The molecule has 1 aliphatic carbocycles. The Bertz CT molecular complexity index is 912. The molecule has 0 spiro atoms. The molecule has 33 heavy (non-hydrogen) atoms. The molecular weight excluding hydrogens is 430 g/mol. The van der Waals surface area contributed by atoms with E-state index in [2.05, 4.69) is 60.6 Å². The quantitative estimate of drug-likeness (QED) is 0.518. The maximum Gasteiger partial charge on any atom is 0.319 e. The smallest absolute Gasteiger partial charge is 0.319 e. The predicted molar refractivity (Wildman–Crippen MR) is 138 cm³/mol. The molecule has 4 nitrogen and oxygen atoms in total. The van der Waals surface area contributed by atoms with Crippen LogP contribution in [0.5, 0.6) is 0 Å². The van der Waals surface area contributed by atoms with Crippen molar-refractivity contribution in [2.75, 3.05) is 18.4 Å². The number of anilines is 1. The van der Waals surface area contributed by atoms with E-state index >= 15 is 0 Å². The molecule has 1 heterocycles. The largest absolute Gasteiger partial charge is 0.334 e. The minimum Gasteiger partial charge on any atom is -0.334 e. The number of benzene rings is 2. The average molecular weight is 468 g/mol. The lowest BCUT2D eigenvalue weighted by Crippen LogP contribution is -2.52. The monoisotopic (exact) mass is 467 g/mol. The first-order chi connectivity index (χ1) is 15.8. The highest BCUT2D eigenvalue weighted by Crippen LogP contribution is 2.30. The Balaban J connectivity index is 1.26. The van der Waals surface area contributed by atoms with Gasteiger partial charge in [-0.3, -0.25) is 4.90 Å². The van der Waals surface area contributed by atoms with Gasteiger partial charge in [-0.2, -0.15) is 0 Å². The third-order valence-corrected chi connectivity index (χ3v) is 7.61. The van der Waals surface area contributed by atoms with Crippen LogP contribution in [-0.4, -0.2) is 36.1 Å². The highest BCUT2D eigenvalue weighted by Gasteiger charge is 2.35. The van der Waals surface area contributed by atoms with E-state index in [1.54, 1.807) is 0 Å². The number of nitrogens with zero attached hydrogens (tertiary/aromatic N) is 1. The molecular formula is C28H38ClN3O. The summed E-state index contributed by atoms with van der Waals surface area (Å²) in [6.07, 6.45) is 6.99. The van der Waals surface area contributed by atoms with Crippen LogP contribution in [0.25, 0.3) is 0 Å². The zero-order chi connectivity index (χ0) is 23.4. The summed E-state index contributed by atoms with van der Waals surface area (Å²) in [5.74, 6) is 0.731. The van der Waals surface area contributed by atoms with Crippen molar-refractivity contribution in [2.45, 2.75) is 76.8 Å². The van der Waals surface area contributed by atoms with Gasteiger partial charge in [0.05, 0.1) is 0 Å². The number of hydrogen-bond donors (Lipinski definition) is 2. The second kappa shape index (κ2) is 10.5. The third kappa shape index (κ3) is 6.51. The molecule has 2 fully saturated rings. The van der Waals surface area contributed by atoms with Gasteiger partial charge in [0.15, 0.2) is 0 Å². The summed E-state index contributed by atoms with van der Waals surface area (Å²) < 4.78 is 0. The highest BCUT2D eigenvalue weighted by atomic mass is 35.5. The summed E-state index contributed by atoms with van der Waals surface area (Å²) in [6.45, 7) is 8.84. The molecule has 5 heteroatoms. The van der Waals surface area contributed by atoms with Crippen LogP contribution in [0, 0.1) is 5.92 Å². The molecule has 4 rings (SSSR count). The first kappa shape index (κ1) is 24.1. The maximum absolute atomic E-state index is 12.7. The third-order valence-electron chi connectivity index (χ3n) is 7.36. The fraction of sp³-hybridized carbons (Fsp3) is 0.536. The van der Waals surface area contributed by atoms with Gasteiger partial charge in [0.25, 0.3) is 0 Å². The number of urea groups is 1. The molecule has 0 bridgehead atoms. The van der Waals surface area contributed by atoms with Gasteiger partial charge in [0.2, 0.25) is 0 Å². The molecule has 2 aromatic rings. The molecule has 1 saturated heterocycles. The first-order valence-corrected chi connectivity index (χ1v) is 12.8. The number of likely N-dealkylation sites (tertiary alicyclic amines) is 1. The van der Waals surface area contributed by atoms with Crippen LogP contribution in [0.2, 0.25) is 5.02 Å². The number of halogens is 1. The Kier molecular flexibility index (Phi) is 7.65. The zero-order valence-electron chi connectivity index (χ0n) is 20.2. The molecule has 1 aliphatic heterocycles. The number of rotatable bonds is 5. The molecule has 2 N–H and O–H groups in total. The van der Waals surface area contributed by atoms with Gasteiger partial charge < -0.3 is 10.6 Å². The Morgan fingerprint density at radius 2 is 1.64 bits per heavy atom. The second-order valence-electron chi connectivity index (χ2n) is 10.8. The van der Waals surface area contributed by atoms with Gasteiger partial charge in [-0.05, 0) is 98.3 Å². The maximum atomic E-state index is 12.7. The Morgan fingerprint density at radius 1 is 0.970 bits per heavy atom. The Labute approximate surface area is 204 Å². The number of amides is 2. The van der Waals surface area contributed by atoms with Crippen molar-refractivity contribution < 1.29 is 4.79 Å². The highest BCUT2D eigenvalue weighted by molar-refractivity contribution is 6.30. The summed E-state index contributed by atoms with van der Waals surface area (Å²) >= 11 is 6.02. The lowest BCUT2D eigenvalue weighted by atomic mass is 9.87. The number of piperidine rings is 1. The van der Waals surface area contributed by atoms with Crippen molar-refractivity contribution >= 4 is 23.3 Å². The van der Waals surface area contributed by atoms with E-state index in [4.69, 9.17) is 11.6 Å². The van der Waals surface area contributed by atoms with Crippen LogP contribution in [0.15, 0.2) is 48.5 Å².